The monoisotopic (exact) mass is 436 g/mol. The number of piperidine rings is 1. The molecular formula is C22H24N6O4. The van der Waals surface area contributed by atoms with Crippen LogP contribution >= 0.6 is 0 Å². The summed E-state index contributed by atoms with van der Waals surface area (Å²) in [5, 5.41) is 12.2. The Kier molecular flexibility index (Phi) is 4.91. The molecule has 5 amide bonds. The van der Waals surface area contributed by atoms with Crippen LogP contribution in [0.5, 0.6) is 0 Å². The zero-order valence-corrected chi connectivity index (χ0v) is 17.7. The van der Waals surface area contributed by atoms with E-state index >= 15 is 0 Å². The van der Waals surface area contributed by atoms with E-state index in [1.54, 1.807) is 10.7 Å². The maximum Gasteiger partial charge on any atom is 0.320 e. The highest BCUT2D eigenvalue weighted by molar-refractivity contribution is 6.05. The molecule has 1 aromatic carbocycles. The molecule has 1 aliphatic carbocycles. The first kappa shape index (κ1) is 20.2. The van der Waals surface area contributed by atoms with E-state index in [0.29, 0.717) is 30.3 Å². The fourth-order valence-corrected chi connectivity index (χ4v) is 4.36. The van der Waals surface area contributed by atoms with Gasteiger partial charge in [0.05, 0.1) is 0 Å². The van der Waals surface area contributed by atoms with Crippen molar-refractivity contribution >= 4 is 29.6 Å². The van der Waals surface area contributed by atoms with Crippen molar-refractivity contribution in [3.8, 4) is 0 Å². The molecule has 1 atom stereocenters. The molecule has 1 unspecified atom stereocenters. The molecule has 0 radical (unpaired) electrons. The van der Waals surface area contributed by atoms with E-state index in [0.717, 1.165) is 29.7 Å². The molecule has 3 N–H and O–H groups in total. The number of nitrogens with zero attached hydrogens (tertiary/aromatic N) is 3. The standard InChI is InChI=1S/C22H24N6O4/c1-27-17(13-4-5-13)9-18(26-27)24-22(32)23-10-12-2-3-14-11-28(21(31)15(14)8-12)16-6-7-19(29)25-20(16)30/h2-3,8-9,13,16H,4-7,10-11H2,1H3,(H,25,29,30)(H2,23,24,26,32). The van der Waals surface area contributed by atoms with Crippen molar-refractivity contribution in [1.82, 2.24) is 25.3 Å². The van der Waals surface area contributed by atoms with E-state index in [9.17, 15) is 19.2 Å². The van der Waals surface area contributed by atoms with Crippen molar-refractivity contribution < 1.29 is 19.2 Å². The lowest BCUT2D eigenvalue weighted by Gasteiger charge is -2.29. The minimum atomic E-state index is -0.640. The van der Waals surface area contributed by atoms with Crippen molar-refractivity contribution in [3.05, 3.63) is 46.6 Å². The first-order chi connectivity index (χ1) is 15.4. The molecule has 2 aromatic rings. The van der Waals surface area contributed by atoms with Gasteiger partial charge >= 0.3 is 6.03 Å². The lowest BCUT2D eigenvalue weighted by molar-refractivity contribution is -0.136. The Bertz CT molecular complexity index is 1140. The molecule has 10 nitrogen and oxygen atoms in total. The second-order valence-corrected chi connectivity index (χ2v) is 8.55. The largest absolute Gasteiger partial charge is 0.334 e. The molecule has 32 heavy (non-hydrogen) atoms. The SMILES string of the molecule is Cn1nc(NC(=O)NCc2ccc3c(c2)C(=O)N(C2CCC(=O)NC2=O)C3)cc1C1CC1. The number of benzene rings is 1. The highest BCUT2D eigenvalue weighted by Crippen LogP contribution is 2.40. The predicted molar refractivity (Wildman–Crippen MR) is 114 cm³/mol. The lowest BCUT2D eigenvalue weighted by Crippen LogP contribution is -2.52. The highest BCUT2D eigenvalue weighted by Gasteiger charge is 2.39. The number of aromatic nitrogens is 2. The second kappa shape index (κ2) is 7.77. The lowest BCUT2D eigenvalue weighted by atomic mass is 10.0. The molecule has 0 bridgehead atoms. The molecule has 0 spiro atoms. The smallest absolute Gasteiger partial charge is 0.320 e. The van der Waals surface area contributed by atoms with Crippen LogP contribution in [0.15, 0.2) is 24.3 Å². The molecule has 1 saturated carbocycles. The number of anilines is 1. The molecule has 5 rings (SSSR count). The number of carbonyl (C=O) groups is 4. The van der Waals surface area contributed by atoms with Crippen LogP contribution < -0.4 is 16.0 Å². The van der Waals surface area contributed by atoms with Gasteiger partial charge < -0.3 is 10.2 Å². The third kappa shape index (κ3) is 3.83. The third-order valence-electron chi connectivity index (χ3n) is 6.20. The zero-order chi connectivity index (χ0) is 22.4. The molecule has 166 valence electrons. The van der Waals surface area contributed by atoms with Crippen LogP contribution in [0.2, 0.25) is 0 Å². The Morgan fingerprint density at radius 2 is 2.00 bits per heavy atom. The van der Waals surface area contributed by atoms with Gasteiger partial charge in [0.15, 0.2) is 5.82 Å². The Hall–Kier alpha value is -3.69. The van der Waals surface area contributed by atoms with Crippen molar-refractivity contribution in [2.45, 2.75) is 50.7 Å². The summed E-state index contributed by atoms with van der Waals surface area (Å²) in [6.07, 6.45) is 2.86. The van der Waals surface area contributed by atoms with Crippen LogP contribution in [-0.2, 0) is 29.7 Å². The first-order valence-electron chi connectivity index (χ1n) is 10.7. The maximum atomic E-state index is 12.9. The molecule has 2 aliphatic heterocycles. The minimum absolute atomic E-state index is 0.221. The van der Waals surface area contributed by atoms with Crippen molar-refractivity contribution in [2.75, 3.05) is 5.32 Å². The normalized spacial score (nSPS) is 20.2. The summed E-state index contributed by atoms with van der Waals surface area (Å²) in [6, 6.07) is 6.33. The Morgan fingerprint density at radius 1 is 1.19 bits per heavy atom. The number of carbonyl (C=O) groups excluding carboxylic acids is 4. The van der Waals surface area contributed by atoms with Gasteiger partial charge in [0.1, 0.15) is 6.04 Å². The van der Waals surface area contributed by atoms with E-state index in [1.165, 1.54) is 4.90 Å². The summed E-state index contributed by atoms with van der Waals surface area (Å²) >= 11 is 0. The zero-order valence-electron chi connectivity index (χ0n) is 17.7. The number of amides is 5. The van der Waals surface area contributed by atoms with Crippen LogP contribution in [0, 0.1) is 0 Å². The Morgan fingerprint density at radius 3 is 2.75 bits per heavy atom. The van der Waals surface area contributed by atoms with E-state index in [1.807, 2.05) is 25.2 Å². The molecule has 3 aliphatic rings. The number of hydrogen-bond donors (Lipinski definition) is 3. The topological polar surface area (TPSA) is 125 Å². The number of imide groups is 1. The van der Waals surface area contributed by atoms with Crippen LogP contribution in [0.4, 0.5) is 10.6 Å². The summed E-state index contributed by atoms with van der Waals surface area (Å²) in [4.78, 5) is 50.3. The van der Waals surface area contributed by atoms with E-state index in [-0.39, 0.29) is 30.8 Å². The Labute approximate surface area is 184 Å². The Balaban J connectivity index is 1.20. The van der Waals surface area contributed by atoms with E-state index < -0.39 is 11.9 Å². The average molecular weight is 436 g/mol. The van der Waals surface area contributed by atoms with Gasteiger partial charge in [-0.25, -0.2) is 4.79 Å². The quantitative estimate of drug-likeness (QED) is 0.611. The molecule has 1 saturated heterocycles. The highest BCUT2D eigenvalue weighted by atomic mass is 16.2. The van der Waals surface area contributed by atoms with Gasteiger partial charge in [0, 0.05) is 49.8 Å². The van der Waals surface area contributed by atoms with E-state index in [4.69, 9.17) is 0 Å². The van der Waals surface area contributed by atoms with Gasteiger partial charge in [0.2, 0.25) is 11.8 Å². The third-order valence-corrected chi connectivity index (χ3v) is 6.20. The molecule has 10 heteroatoms. The average Bonchev–Trinajstić information content (AvgIpc) is 3.46. The molecule has 3 heterocycles. The summed E-state index contributed by atoms with van der Waals surface area (Å²) < 4.78 is 1.80. The predicted octanol–water partition coefficient (Wildman–Crippen LogP) is 1.38. The first-order valence-corrected chi connectivity index (χ1v) is 10.7. The molecule has 2 fully saturated rings. The number of urea groups is 1. The number of nitrogens with one attached hydrogen (secondary N) is 3. The van der Waals surface area contributed by atoms with Crippen molar-refractivity contribution in [2.24, 2.45) is 7.05 Å². The van der Waals surface area contributed by atoms with E-state index in [2.05, 4.69) is 21.0 Å². The van der Waals surface area contributed by atoms with Gasteiger partial charge in [-0.15, -0.1) is 0 Å². The summed E-state index contributed by atoms with van der Waals surface area (Å²) in [5.74, 6) is 0.0736. The molecule has 1 aromatic heterocycles. The van der Waals surface area contributed by atoms with Gasteiger partial charge in [-0.2, -0.15) is 5.10 Å². The number of aryl methyl sites for hydroxylation is 1. The maximum absolute atomic E-state index is 12.9. The van der Waals surface area contributed by atoms with Gasteiger partial charge in [-0.05, 0) is 36.5 Å². The van der Waals surface area contributed by atoms with Crippen LogP contribution in [0.1, 0.15) is 58.8 Å². The fraction of sp³-hybridized carbons (Fsp3) is 0.409. The van der Waals surface area contributed by atoms with Crippen LogP contribution in [0.3, 0.4) is 0 Å². The molecular weight excluding hydrogens is 412 g/mol. The summed E-state index contributed by atoms with van der Waals surface area (Å²) in [7, 11) is 1.87. The van der Waals surface area contributed by atoms with Gasteiger partial charge in [0.25, 0.3) is 5.91 Å². The fourth-order valence-electron chi connectivity index (χ4n) is 4.36. The van der Waals surface area contributed by atoms with Crippen molar-refractivity contribution in [3.63, 3.8) is 0 Å². The van der Waals surface area contributed by atoms with Crippen LogP contribution in [0.25, 0.3) is 0 Å². The van der Waals surface area contributed by atoms with Crippen molar-refractivity contribution in [1.29, 1.82) is 0 Å². The summed E-state index contributed by atoms with van der Waals surface area (Å²) in [6.45, 7) is 0.574. The van der Waals surface area contributed by atoms with Gasteiger partial charge in [-0.1, -0.05) is 12.1 Å². The number of fused-ring (bicyclic) bond motifs is 1. The van der Waals surface area contributed by atoms with Gasteiger partial charge in [-0.3, -0.25) is 29.7 Å². The number of hydrogen-bond acceptors (Lipinski definition) is 5. The number of rotatable bonds is 5. The second-order valence-electron chi connectivity index (χ2n) is 8.55. The summed E-state index contributed by atoms with van der Waals surface area (Å²) in [5.41, 5.74) is 3.25. The minimum Gasteiger partial charge on any atom is -0.334 e. The van der Waals surface area contributed by atoms with Crippen LogP contribution in [-0.4, -0.2) is 44.5 Å².